The van der Waals surface area contributed by atoms with E-state index in [9.17, 15) is 13.2 Å². The smallest absolute Gasteiger partial charge is 0.370 e. The zero-order valence-corrected chi connectivity index (χ0v) is 13.6. The van der Waals surface area contributed by atoms with Crippen molar-refractivity contribution >= 4 is 22.2 Å². The van der Waals surface area contributed by atoms with Crippen molar-refractivity contribution in [2.45, 2.75) is 19.5 Å². The monoisotopic (exact) mass is 341 g/mol. The highest BCUT2D eigenvalue weighted by Gasteiger charge is 2.34. The van der Waals surface area contributed by atoms with Crippen LogP contribution >= 0.6 is 11.3 Å². The summed E-state index contributed by atoms with van der Waals surface area (Å²) >= 11 is 0.726. The lowest BCUT2D eigenvalue weighted by Gasteiger charge is -2.23. The Hall–Kier alpha value is -1.76. The molecule has 2 heterocycles. The van der Waals surface area contributed by atoms with Gasteiger partial charge >= 0.3 is 6.18 Å². The highest BCUT2D eigenvalue weighted by atomic mass is 32.1. The van der Waals surface area contributed by atoms with Gasteiger partial charge in [0.25, 0.3) is 0 Å². The molecule has 0 unspecified atom stereocenters. The first-order valence-corrected chi connectivity index (χ1v) is 8.35. The minimum absolute atomic E-state index is 0.461. The third kappa shape index (κ3) is 3.77. The van der Waals surface area contributed by atoms with Gasteiger partial charge in [-0.25, -0.2) is 4.98 Å². The molecule has 7 heteroatoms. The summed E-state index contributed by atoms with van der Waals surface area (Å²) in [7, 11) is 0. The molecule has 1 saturated heterocycles. The average Bonchev–Trinajstić information content (AvgIpc) is 2.88. The first kappa shape index (κ1) is 16.1. The zero-order chi connectivity index (χ0) is 16.4. The fourth-order valence-electron chi connectivity index (χ4n) is 2.66. The largest absolute Gasteiger partial charge is 0.427 e. The second-order valence-corrected chi connectivity index (χ2v) is 6.68. The molecule has 3 rings (SSSR count). The molecule has 0 atom stereocenters. The van der Waals surface area contributed by atoms with Crippen LogP contribution < -0.4 is 9.80 Å². The molecule has 0 radical (unpaired) electrons. The number of aromatic nitrogens is 1. The number of halogens is 3. The molecule has 0 spiro atoms. The van der Waals surface area contributed by atoms with E-state index >= 15 is 0 Å². The molecule has 3 nitrogen and oxygen atoms in total. The molecule has 0 bridgehead atoms. The summed E-state index contributed by atoms with van der Waals surface area (Å²) in [6.07, 6.45) is -2.48. The lowest BCUT2D eigenvalue weighted by Crippen LogP contribution is -2.30. The summed E-state index contributed by atoms with van der Waals surface area (Å²) < 4.78 is 38.1. The van der Waals surface area contributed by atoms with Crippen LogP contribution in [-0.2, 0) is 6.18 Å². The summed E-state index contributed by atoms with van der Waals surface area (Å²) in [6, 6.07) is 8.34. The second kappa shape index (κ2) is 6.39. The topological polar surface area (TPSA) is 19.4 Å². The van der Waals surface area contributed by atoms with Gasteiger partial charge in [0.2, 0.25) is 0 Å². The van der Waals surface area contributed by atoms with E-state index in [1.807, 2.05) is 4.90 Å². The summed E-state index contributed by atoms with van der Waals surface area (Å²) in [5.74, 6) is 0. The van der Waals surface area contributed by atoms with Crippen LogP contribution in [0.2, 0.25) is 0 Å². The summed E-state index contributed by atoms with van der Waals surface area (Å²) in [5.41, 5.74) is 2.38. The van der Waals surface area contributed by atoms with Crippen molar-refractivity contribution in [3.63, 3.8) is 0 Å². The van der Waals surface area contributed by atoms with Gasteiger partial charge in [0.05, 0.1) is 6.20 Å². The molecule has 1 aromatic heterocycles. The van der Waals surface area contributed by atoms with Gasteiger partial charge < -0.3 is 9.80 Å². The van der Waals surface area contributed by atoms with Gasteiger partial charge in [0.15, 0.2) is 5.13 Å². The van der Waals surface area contributed by atoms with Crippen LogP contribution in [0.25, 0.3) is 0 Å². The van der Waals surface area contributed by atoms with Gasteiger partial charge in [-0.2, -0.15) is 13.2 Å². The normalized spacial score (nSPS) is 16.5. The molecule has 0 amide bonds. The van der Waals surface area contributed by atoms with Gasteiger partial charge in [-0.05, 0) is 25.5 Å². The highest BCUT2D eigenvalue weighted by molar-refractivity contribution is 7.15. The fourth-order valence-corrected chi connectivity index (χ4v) is 3.50. The van der Waals surface area contributed by atoms with Crippen molar-refractivity contribution < 1.29 is 13.2 Å². The molecule has 23 heavy (non-hydrogen) atoms. The Morgan fingerprint density at radius 1 is 1.00 bits per heavy atom. The van der Waals surface area contributed by atoms with E-state index in [1.54, 1.807) is 0 Å². The third-order valence-electron chi connectivity index (χ3n) is 3.94. The number of anilines is 2. The maximum absolute atomic E-state index is 12.7. The molecule has 0 saturated carbocycles. The van der Waals surface area contributed by atoms with Crippen molar-refractivity contribution in [2.24, 2.45) is 0 Å². The number of thiazole rings is 1. The predicted octanol–water partition coefficient (Wildman–Crippen LogP) is 4.19. The lowest BCUT2D eigenvalue weighted by atomic mass is 10.2. The van der Waals surface area contributed by atoms with Gasteiger partial charge in [-0.15, -0.1) is 0 Å². The summed E-state index contributed by atoms with van der Waals surface area (Å²) in [5, 5.41) is 0.461. The molecule has 1 fully saturated rings. The number of nitrogens with zero attached hydrogens (tertiary/aromatic N) is 3. The maximum Gasteiger partial charge on any atom is 0.427 e. The zero-order valence-electron chi connectivity index (χ0n) is 12.8. The minimum atomic E-state index is -4.31. The fraction of sp³-hybridized carbons (Fsp3) is 0.438. The van der Waals surface area contributed by atoms with Crippen molar-refractivity contribution in [1.82, 2.24) is 4.98 Å². The number of rotatable bonds is 2. The quantitative estimate of drug-likeness (QED) is 0.817. The first-order valence-electron chi connectivity index (χ1n) is 7.53. The standard InChI is InChI=1S/C16H18F3N3S/c1-12-3-5-13(6-4-12)21-7-2-8-22(10-9-21)15-20-11-14(23-15)16(17,18)19/h3-6,11H,2,7-10H2,1H3. The van der Waals surface area contributed by atoms with E-state index in [4.69, 9.17) is 0 Å². The van der Waals surface area contributed by atoms with E-state index in [0.717, 1.165) is 49.3 Å². The SMILES string of the molecule is Cc1ccc(N2CCCN(c3ncc(C(F)(F)F)s3)CC2)cc1. The Bertz CT molecular complexity index is 651. The van der Waals surface area contributed by atoms with Crippen LogP contribution in [0.3, 0.4) is 0 Å². The van der Waals surface area contributed by atoms with Crippen molar-refractivity contribution in [2.75, 3.05) is 36.0 Å². The van der Waals surface area contributed by atoms with E-state index in [2.05, 4.69) is 41.1 Å². The lowest BCUT2D eigenvalue weighted by molar-refractivity contribution is -0.134. The van der Waals surface area contributed by atoms with Crippen LogP contribution in [0.4, 0.5) is 24.0 Å². The van der Waals surface area contributed by atoms with Gasteiger partial charge in [-0.3, -0.25) is 0 Å². The molecule has 0 aliphatic carbocycles. The van der Waals surface area contributed by atoms with Crippen LogP contribution in [-0.4, -0.2) is 31.2 Å². The van der Waals surface area contributed by atoms with E-state index in [1.165, 1.54) is 5.56 Å². The molecular weight excluding hydrogens is 323 g/mol. The van der Waals surface area contributed by atoms with E-state index in [-0.39, 0.29) is 0 Å². The van der Waals surface area contributed by atoms with Crippen LogP contribution in [0, 0.1) is 6.92 Å². The maximum atomic E-state index is 12.7. The van der Waals surface area contributed by atoms with Crippen molar-refractivity contribution in [3.8, 4) is 0 Å². The molecule has 1 aliphatic rings. The van der Waals surface area contributed by atoms with Crippen molar-refractivity contribution in [3.05, 3.63) is 40.9 Å². The Morgan fingerprint density at radius 3 is 2.30 bits per heavy atom. The molecule has 0 N–H and O–H groups in total. The molecule has 2 aromatic rings. The number of hydrogen-bond donors (Lipinski definition) is 0. The van der Waals surface area contributed by atoms with Gasteiger partial charge in [0.1, 0.15) is 4.88 Å². The Labute approximate surface area is 137 Å². The number of hydrogen-bond acceptors (Lipinski definition) is 4. The summed E-state index contributed by atoms with van der Waals surface area (Å²) in [6.45, 7) is 5.14. The molecule has 1 aliphatic heterocycles. The average molecular weight is 341 g/mol. The van der Waals surface area contributed by atoms with Crippen molar-refractivity contribution in [1.29, 1.82) is 0 Å². The van der Waals surface area contributed by atoms with Crippen LogP contribution in [0.15, 0.2) is 30.5 Å². The number of benzene rings is 1. The Kier molecular flexibility index (Phi) is 4.48. The van der Waals surface area contributed by atoms with Gasteiger partial charge in [-0.1, -0.05) is 29.0 Å². The summed E-state index contributed by atoms with van der Waals surface area (Å²) in [4.78, 5) is 7.56. The van der Waals surface area contributed by atoms with E-state index in [0.29, 0.717) is 11.7 Å². The van der Waals surface area contributed by atoms with E-state index < -0.39 is 11.1 Å². The Balaban J connectivity index is 1.69. The molecular formula is C16H18F3N3S. The van der Waals surface area contributed by atoms with Crippen LogP contribution in [0.5, 0.6) is 0 Å². The predicted molar refractivity (Wildman–Crippen MR) is 87.3 cm³/mol. The number of aryl methyl sites for hydroxylation is 1. The first-order chi connectivity index (χ1) is 10.9. The number of alkyl halides is 3. The van der Waals surface area contributed by atoms with Gasteiger partial charge in [0, 0.05) is 31.9 Å². The minimum Gasteiger partial charge on any atom is -0.370 e. The second-order valence-electron chi connectivity index (χ2n) is 5.67. The Morgan fingerprint density at radius 2 is 1.65 bits per heavy atom. The molecule has 1 aromatic carbocycles. The van der Waals surface area contributed by atoms with Crippen LogP contribution in [0.1, 0.15) is 16.9 Å². The highest BCUT2D eigenvalue weighted by Crippen LogP contribution is 2.36. The molecule has 124 valence electrons. The third-order valence-corrected chi connectivity index (χ3v) is 5.04.